The third-order valence-corrected chi connectivity index (χ3v) is 4.06. The highest BCUT2D eigenvalue weighted by Gasteiger charge is 2.52. The van der Waals surface area contributed by atoms with E-state index in [1.807, 2.05) is 27.7 Å². The highest BCUT2D eigenvalue weighted by atomic mass is 35.5. The monoisotopic (exact) mass is 277 g/mol. The summed E-state index contributed by atoms with van der Waals surface area (Å²) in [7, 11) is -0.495. The molecule has 0 aromatic carbocycles. The van der Waals surface area contributed by atoms with Gasteiger partial charge in [0.05, 0.1) is 23.3 Å². The van der Waals surface area contributed by atoms with E-state index < -0.39 is 18.3 Å². The Bertz CT molecular complexity index is 521. The van der Waals surface area contributed by atoms with Crippen molar-refractivity contribution in [2.75, 3.05) is 0 Å². The van der Waals surface area contributed by atoms with Crippen LogP contribution in [0.15, 0.2) is 12.3 Å². The summed E-state index contributed by atoms with van der Waals surface area (Å²) in [6.45, 7) is 8.00. The number of rotatable bonds is 2. The molecule has 0 saturated carbocycles. The molecule has 19 heavy (non-hydrogen) atoms. The van der Waals surface area contributed by atoms with E-state index in [4.69, 9.17) is 27.3 Å². The molecule has 1 fully saturated rings. The Morgan fingerprint density at radius 2 is 1.89 bits per heavy atom. The number of nitrogens with zero attached hydrogens (tertiary/aromatic N) is 1. The van der Waals surface area contributed by atoms with Crippen molar-refractivity contribution in [2.24, 2.45) is 0 Å². The van der Waals surface area contributed by atoms with E-state index in [9.17, 15) is 0 Å². The minimum Gasteiger partial charge on any atom is -0.399 e. The number of pyridine rings is 1. The van der Waals surface area contributed by atoms with E-state index in [1.165, 1.54) is 0 Å². The minimum atomic E-state index is -0.495. The third kappa shape index (κ3) is 2.64. The van der Waals surface area contributed by atoms with Crippen LogP contribution in [-0.4, -0.2) is 23.3 Å². The summed E-state index contributed by atoms with van der Waals surface area (Å²) in [4.78, 5) is 4.28. The van der Waals surface area contributed by atoms with E-state index in [0.717, 1.165) is 11.2 Å². The summed E-state index contributed by atoms with van der Waals surface area (Å²) in [5, 5.41) is 0.568. The lowest BCUT2D eigenvalue weighted by Crippen LogP contribution is -2.41. The topological polar surface area (TPSA) is 31.4 Å². The molecule has 1 aromatic heterocycles. The number of aromatic nitrogens is 1. The second kappa shape index (κ2) is 4.83. The SMILES string of the molecule is C#CCc1cc(Cl)c(B2OC(C)(C)C(C)(C)O2)cn1. The first kappa shape index (κ1) is 14.4. The Hall–Kier alpha value is -1.02. The van der Waals surface area contributed by atoms with Crippen LogP contribution in [0.4, 0.5) is 0 Å². The summed E-state index contributed by atoms with van der Waals surface area (Å²) < 4.78 is 11.9. The van der Waals surface area contributed by atoms with Crippen LogP contribution < -0.4 is 5.46 Å². The first-order chi connectivity index (χ1) is 8.77. The van der Waals surface area contributed by atoms with Crippen LogP contribution in [0.25, 0.3) is 0 Å². The highest BCUT2D eigenvalue weighted by molar-refractivity contribution is 6.65. The maximum atomic E-state index is 6.26. The molecule has 1 aliphatic rings. The van der Waals surface area contributed by atoms with Gasteiger partial charge in [0.15, 0.2) is 0 Å². The zero-order valence-electron chi connectivity index (χ0n) is 11.7. The van der Waals surface area contributed by atoms with Crippen LogP contribution in [-0.2, 0) is 15.7 Å². The van der Waals surface area contributed by atoms with Gasteiger partial charge in [-0.05, 0) is 33.8 Å². The Morgan fingerprint density at radius 1 is 1.32 bits per heavy atom. The number of hydrogen-bond donors (Lipinski definition) is 0. The molecule has 1 aliphatic heterocycles. The molecule has 0 spiro atoms. The summed E-state index contributed by atoms with van der Waals surface area (Å²) in [5.41, 5.74) is 0.727. The zero-order valence-corrected chi connectivity index (χ0v) is 12.4. The van der Waals surface area contributed by atoms with Gasteiger partial charge in [-0.2, -0.15) is 0 Å². The van der Waals surface area contributed by atoms with E-state index in [1.54, 1.807) is 12.3 Å². The van der Waals surface area contributed by atoms with E-state index in [-0.39, 0.29) is 0 Å². The first-order valence-electron chi connectivity index (χ1n) is 6.20. The van der Waals surface area contributed by atoms with Crippen molar-refractivity contribution >= 4 is 24.2 Å². The molecule has 1 aromatic rings. The molecular weight excluding hydrogens is 260 g/mol. The number of halogens is 1. The highest BCUT2D eigenvalue weighted by Crippen LogP contribution is 2.36. The molecule has 0 amide bonds. The average molecular weight is 278 g/mol. The lowest BCUT2D eigenvalue weighted by molar-refractivity contribution is 0.00578. The second-order valence-corrected chi connectivity index (χ2v) is 6.07. The zero-order chi connectivity index (χ0) is 14.3. The van der Waals surface area contributed by atoms with Crippen molar-refractivity contribution in [1.82, 2.24) is 4.98 Å². The van der Waals surface area contributed by atoms with Gasteiger partial charge in [0.1, 0.15) is 0 Å². The van der Waals surface area contributed by atoms with Crippen LogP contribution in [0.5, 0.6) is 0 Å². The molecular formula is C14H17BClNO2. The second-order valence-electron chi connectivity index (χ2n) is 5.67. The molecule has 0 bridgehead atoms. The lowest BCUT2D eigenvalue weighted by atomic mass is 9.80. The fourth-order valence-corrected chi connectivity index (χ4v) is 2.09. The summed E-state index contributed by atoms with van der Waals surface area (Å²) in [6, 6.07) is 1.77. The van der Waals surface area contributed by atoms with Gasteiger partial charge in [-0.1, -0.05) is 11.6 Å². The maximum Gasteiger partial charge on any atom is 0.497 e. The van der Waals surface area contributed by atoms with Crippen molar-refractivity contribution in [3.63, 3.8) is 0 Å². The minimum absolute atomic E-state index is 0.390. The summed E-state index contributed by atoms with van der Waals surface area (Å²) in [6.07, 6.45) is 7.40. The van der Waals surface area contributed by atoms with Crippen molar-refractivity contribution in [3.8, 4) is 12.3 Å². The Morgan fingerprint density at radius 3 is 2.37 bits per heavy atom. The number of hydrogen-bond acceptors (Lipinski definition) is 3. The Labute approximate surface area is 119 Å². The fraction of sp³-hybridized carbons (Fsp3) is 0.500. The van der Waals surface area contributed by atoms with Crippen molar-refractivity contribution < 1.29 is 9.31 Å². The fourth-order valence-electron chi connectivity index (χ4n) is 1.83. The van der Waals surface area contributed by atoms with Gasteiger partial charge in [0.25, 0.3) is 0 Å². The predicted octanol–water partition coefficient (Wildman–Crippen LogP) is 2.21. The van der Waals surface area contributed by atoms with Crippen LogP contribution >= 0.6 is 11.6 Å². The molecule has 0 N–H and O–H groups in total. The molecule has 2 rings (SSSR count). The smallest absolute Gasteiger partial charge is 0.399 e. The van der Waals surface area contributed by atoms with Gasteiger partial charge in [-0.15, -0.1) is 12.3 Å². The van der Waals surface area contributed by atoms with Crippen LogP contribution in [0, 0.1) is 12.3 Å². The molecule has 1 saturated heterocycles. The van der Waals surface area contributed by atoms with E-state index in [2.05, 4.69) is 10.9 Å². The van der Waals surface area contributed by atoms with Gasteiger partial charge in [-0.3, -0.25) is 4.98 Å². The summed E-state index contributed by atoms with van der Waals surface area (Å²) in [5.74, 6) is 2.54. The third-order valence-electron chi connectivity index (χ3n) is 3.73. The molecule has 0 unspecified atom stereocenters. The summed E-state index contributed by atoms with van der Waals surface area (Å²) >= 11 is 6.26. The largest absolute Gasteiger partial charge is 0.497 e. The molecule has 0 atom stereocenters. The van der Waals surface area contributed by atoms with Gasteiger partial charge >= 0.3 is 7.12 Å². The average Bonchev–Trinajstić information content (AvgIpc) is 2.48. The molecule has 100 valence electrons. The van der Waals surface area contributed by atoms with Crippen molar-refractivity contribution in [1.29, 1.82) is 0 Å². The Balaban J connectivity index is 2.28. The van der Waals surface area contributed by atoms with E-state index >= 15 is 0 Å². The van der Waals surface area contributed by atoms with Gasteiger partial charge < -0.3 is 9.31 Å². The molecule has 0 aliphatic carbocycles. The normalized spacial score (nSPS) is 20.3. The van der Waals surface area contributed by atoms with Crippen LogP contribution in [0.1, 0.15) is 33.4 Å². The maximum absolute atomic E-state index is 6.26. The van der Waals surface area contributed by atoms with Crippen LogP contribution in [0.2, 0.25) is 5.02 Å². The van der Waals surface area contributed by atoms with Gasteiger partial charge in [0, 0.05) is 16.7 Å². The Kier molecular flexibility index (Phi) is 3.66. The van der Waals surface area contributed by atoms with Gasteiger partial charge in [-0.25, -0.2) is 0 Å². The molecule has 0 radical (unpaired) electrons. The molecule has 3 nitrogen and oxygen atoms in total. The van der Waals surface area contributed by atoms with Crippen molar-refractivity contribution in [2.45, 2.75) is 45.3 Å². The lowest BCUT2D eigenvalue weighted by Gasteiger charge is -2.32. The van der Waals surface area contributed by atoms with Crippen molar-refractivity contribution in [3.05, 3.63) is 23.0 Å². The van der Waals surface area contributed by atoms with Crippen LogP contribution in [0.3, 0.4) is 0 Å². The molecule has 5 heteroatoms. The standard InChI is InChI=1S/C14H17BClNO2/c1-6-7-10-8-12(16)11(9-17-10)15-18-13(2,3)14(4,5)19-15/h1,8-9H,7H2,2-5H3. The van der Waals surface area contributed by atoms with Gasteiger partial charge in [0.2, 0.25) is 0 Å². The first-order valence-corrected chi connectivity index (χ1v) is 6.58. The molecule has 2 heterocycles. The quantitative estimate of drug-likeness (QED) is 0.613. The number of terminal acetylenes is 1. The van der Waals surface area contributed by atoms with E-state index in [0.29, 0.717) is 11.4 Å². The predicted molar refractivity (Wildman–Crippen MR) is 77.5 cm³/mol.